The van der Waals surface area contributed by atoms with Crippen LogP contribution in [0.5, 0.6) is 5.75 Å². The van der Waals surface area contributed by atoms with Gasteiger partial charge in [0.25, 0.3) is 11.8 Å². The van der Waals surface area contributed by atoms with E-state index in [9.17, 15) is 14.4 Å². The normalized spacial score (nSPS) is 17.7. The fourth-order valence-electron chi connectivity index (χ4n) is 1.64. The minimum absolute atomic E-state index is 0.0876. The summed E-state index contributed by atoms with van der Waals surface area (Å²) in [5.74, 6) is -0.713. The summed E-state index contributed by atoms with van der Waals surface area (Å²) in [6.07, 6.45) is 1.42. The molecule has 19 heavy (non-hydrogen) atoms. The molecule has 1 N–H and O–H groups in total. The first-order chi connectivity index (χ1) is 9.02. The maximum atomic E-state index is 11.8. The van der Waals surface area contributed by atoms with Gasteiger partial charge in [-0.25, -0.2) is 4.79 Å². The van der Waals surface area contributed by atoms with Gasteiger partial charge < -0.3 is 4.74 Å². The van der Waals surface area contributed by atoms with Gasteiger partial charge in [0.1, 0.15) is 11.3 Å². The highest BCUT2D eigenvalue weighted by atomic mass is 16.5. The molecule has 1 fully saturated rings. The molecular formula is C13H12N2O4. The third-order valence-corrected chi connectivity index (χ3v) is 2.71. The van der Waals surface area contributed by atoms with Crippen LogP contribution in [0.15, 0.2) is 29.8 Å². The fraction of sp³-hybridized carbons (Fsp3) is 0.154. The third-order valence-electron chi connectivity index (χ3n) is 2.71. The summed E-state index contributed by atoms with van der Waals surface area (Å²) in [6.45, 7) is 0. The van der Waals surface area contributed by atoms with Crippen molar-refractivity contribution in [3.05, 3.63) is 35.4 Å². The minimum Gasteiger partial charge on any atom is -0.497 e. The van der Waals surface area contributed by atoms with Crippen LogP contribution >= 0.6 is 0 Å². The molecule has 1 saturated heterocycles. The Kier molecular flexibility index (Phi) is 3.33. The lowest BCUT2D eigenvalue weighted by Gasteiger charge is -2.22. The van der Waals surface area contributed by atoms with Crippen LogP contribution in [0, 0.1) is 0 Å². The van der Waals surface area contributed by atoms with Crippen molar-refractivity contribution in [2.45, 2.75) is 0 Å². The molecule has 0 atom stereocenters. The van der Waals surface area contributed by atoms with Gasteiger partial charge >= 0.3 is 6.03 Å². The summed E-state index contributed by atoms with van der Waals surface area (Å²) >= 11 is 0. The van der Waals surface area contributed by atoms with E-state index in [1.807, 2.05) is 0 Å². The maximum absolute atomic E-state index is 11.8. The number of urea groups is 1. The summed E-state index contributed by atoms with van der Waals surface area (Å²) < 4.78 is 5.06. The summed E-state index contributed by atoms with van der Waals surface area (Å²) in [4.78, 5) is 35.6. The van der Waals surface area contributed by atoms with Crippen LogP contribution in [0.1, 0.15) is 5.56 Å². The highest BCUT2D eigenvalue weighted by molar-refractivity contribution is 6.30. The number of carbonyl (C=O) groups is 3. The number of carbonyl (C=O) groups excluding carboxylic acids is 3. The number of methoxy groups -OCH3 is 1. The summed E-state index contributed by atoms with van der Waals surface area (Å²) in [7, 11) is 2.83. The highest BCUT2D eigenvalue weighted by Gasteiger charge is 2.32. The van der Waals surface area contributed by atoms with Crippen LogP contribution < -0.4 is 10.1 Å². The molecule has 2 rings (SSSR count). The van der Waals surface area contributed by atoms with E-state index in [1.54, 1.807) is 24.3 Å². The van der Waals surface area contributed by atoms with E-state index < -0.39 is 17.8 Å². The van der Waals surface area contributed by atoms with Crippen molar-refractivity contribution in [3.63, 3.8) is 0 Å². The molecule has 0 unspecified atom stereocenters. The summed E-state index contributed by atoms with van der Waals surface area (Å²) in [5.41, 5.74) is 0.552. The molecule has 1 aromatic carbocycles. The number of nitrogens with one attached hydrogen (secondary N) is 1. The fourth-order valence-corrected chi connectivity index (χ4v) is 1.64. The molecule has 0 saturated carbocycles. The standard InChI is InChI=1S/C13H12N2O4/c1-15-12(17)10(11(16)14-13(15)18)7-8-4-3-5-9(6-8)19-2/h3-7H,1-2H3,(H,14,16,18)/b10-7+. The number of barbiturate groups is 1. The van der Waals surface area contributed by atoms with Gasteiger partial charge in [-0.3, -0.25) is 19.8 Å². The Bertz CT molecular complexity index is 592. The molecule has 1 aliphatic heterocycles. The van der Waals surface area contributed by atoms with E-state index in [0.29, 0.717) is 11.3 Å². The van der Waals surface area contributed by atoms with Crippen molar-refractivity contribution in [1.29, 1.82) is 0 Å². The summed E-state index contributed by atoms with van der Waals surface area (Å²) in [6, 6.07) is 6.18. The van der Waals surface area contributed by atoms with E-state index >= 15 is 0 Å². The molecule has 0 aromatic heterocycles. The molecule has 0 bridgehead atoms. The van der Waals surface area contributed by atoms with Gasteiger partial charge in [0.15, 0.2) is 0 Å². The maximum Gasteiger partial charge on any atom is 0.331 e. The van der Waals surface area contributed by atoms with Crippen LogP contribution in [0.2, 0.25) is 0 Å². The van der Waals surface area contributed by atoms with Crippen molar-refractivity contribution in [2.75, 3.05) is 14.2 Å². The van der Waals surface area contributed by atoms with Gasteiger partial charge in [-0.1, -0.05) is 12.1 Å². The number of amides is 4. The van der Waals surface area contributed by atoms with Crippen molar-refractivity contribution in [3.8, 4) is 5.75 Å². The second-order valence-electron chi connectivity index (χ2n) is 3.96. The molecule has 6 nitrogen and oxygen atoms in total. The number of imide groups is 2. The van der Waals surface area contributed by atoms with E-state index in [0.717, 1.165) is 4.90 Å². The second-order valence-corrected chi connectivity index (χ2v) is 3.96. The van der Waals surface area contributed by atoms with E-state index in [4.69, 9.17) is 4.74 Å². The van der Waals surface area contributed by atoms with Crippen LogP contribution in [-0.4, -0.2) is 36.9 Å². The van der Waals surface area contributed by atoms with E-state index in [-0.39, 0.29) is 5.57 Å². The predicted molar refractivity (Wildman–Crippen MR) is 67.3 cm³/mol. The van der Waals surface area contributed by atoms with Gasteiger partial charge in [-0.05, 0) is 23.8 Å². The molecule has 1 aliphatic rings. The van der Waals surface area contributed by atoms with Crippen LogP contribution in [0.4, 0.5) is 4.79 Å². The van der Waals surface area contributed by atoms with Gasteiger partial charge in [0.2, 0.25) is 0 Å². The van der Waals surface area contributed by atoms with Gasteiger partial charge in [0.05, 0.1) is 7.11 Å². The first-order valence-corrected chi connectivity index (χ1v) is 5.52. The smallest absolute Gasteiger partial charge is 0.331 e. The number of nitrogens with zero attached hydrogens (tertiary/aromatic N) is 1. The van der Waals surface area contributed by atoms with Crippen LogP contribution in [0.25, 0.3) is 6.08 Å². The quantitative estimate of drug-likeness (QED) is 0.630. The van der Waals surface area contributed by atoms with Crippen molar-refractivity contribution >= 4 is 23.9 Å². The number of hydrogen-bond acceptors (Lipinski definition) is 4. The van der Waals surface area contributed by atoms with E-state index in [1.165, 1.54) is 20.2 Å². The Morgan fingerprint density at radius 1 is 1.26 bits per heavy atom. The topological polar surface area (TPSA) is 75.7 Å². The minimum atomic E-state index is -0.724. The number of rotatable bonds is 2. The molecule has 0 aliphatic carbocycles. The monoisotopic (exact) mass is 260 g/mol. The average Bonchev–Trinajstić information content (AvgIpc) is 2.41. The zero-order valence-electron chi connectivity index (χ0n) is 10.5. The second kappa shape index (κ2) is 4.93. The Morgan fingerprint density at radius 3 is 2.68 bits per heavy atom. The molecule has 0 spiro atoms. The number of benzene rings is 1. The largest absolute Gasteiger partial charge is 0.497 e. The lowest BCUT2D eigenvalue weighted by molar-refractivity contribution is -0.129. The Hall–Kier alpha value is -2.63. The van der Waals surface area contributed by atoms with Crippen molar-refractivity contribution in [2.24, 2.45) is 0 Å². The highest BCUT2D eigenvalue weighted by Crippen LogP contribution is 2.17. The van der Waals surface area contributed by atoms with Crippen molar-refractivity contribution in [1.82, 2.24) is 10.2 Å². The predicted octanol–water partition coefficient (Wildman–Crippen LogP) is 0.787. The Balaban J connectivity index is 2.38. The lowest BCUT2D eigenvalue weighted by atomic mass is 10.1. The first-order valence-electron chi connectivity index (χ1n) is 5.52. The Labute approximate surface area is 109 Å². The SMILES string of the molecule is COc1cccc(/C=C2\C(=O)NC(=O)N(C)C2=O)c1. The zero-order chi connectivity index (χ0) is 14.0. The van der Waals surface area contributed by atoms with Gasteiger partial charge in [0, 0.05) is 7.05 Å². The van der Waals surface area contributed by atoms with Gasteiger partial charge in [-0.2, -0.15) is 0 Å². The van der Waals surface area contributed by atoms with Gasteiger partial charge in [-0.15, -0.1) is 0 Å². The number of hydrogen-bond donors (Lipinski definition) is 1. The molecule has 1 heterocycles. The third kappa shape index (κ3) is 2.47. The molecule has 0 radical (unpaired) electrons. The van der Waals surface area contributed by atoms with E-state index in [2.05, 4.69) is 5.32 Å². The van der Waals surface area contributed by atoms with Crippen molar-refractivity contribution < 1.29 is 19.1 Å². The summed E-state index contributed by atoms with van der Waals surface area (Å²) in [5, 5.41) is 2.09. The average molecular weight is 260 g/mol. The first kappa shape index (κ1) is 12.8. The van der Waals surface area contributed by atoms with Crippen LogP contribution in [0.3, 0.4) is 0 Å². The Morgan fingerprint density at radius 2 is 2.00 bits per heavy atom. The number of likely N-dealkylation sites (N-methyl/N-ethyl adjacent to an activating group) is 1. The molecule has 1 aromatic rings. The molecular weight excluding hydrogens is 248 g/mol. The zero-order valence-corrected chi connectivity index (χ0v) is 10.5. The molecule has 98 valence electrons. The number of ether oxygens (including phenoxy) is 1. The lowest BCUT2D eigenvalue weighted by Crippen LogP contribution is -2.52. The van der Waals surface area contributed by atoms with Crippen LogP contribution in [-0.2, 0) is 9.59 Å². The molecule has 6 heteroatoms. The molecule has 4 amide bonds.